The molecule has 1 heterocycles. The van der Waals surface area contributed by atoms with Crippen LogP contribution in [0.25, 0.3) is 16.9 Å². The Hall–Kier alpha value is -3.04. The van der Waals surface area contributed by atoms with Crippen LogP contribution in [0.15, 0.2) is 84.9 Å². The Bertz CT molecular complexity index is 1040. The van der Waals surface area contributed by atoms with Gasteiger partial charge in [0.05, 0.1) is 17.1 Å². The third-order valence-electron chi connectivity index (χ3n) is 4.37. The number of hydrogen-bond donors (Lipinski definition) is 0. The summed E-state index contributed by atoms with van der Waals surface area (Å²) in [6.07, 6.45) is 0. The summed E-state index contributed by atoms with van der Waals surface area (Å²) in [6, 6.07) is 28.0. The van der Waals surface area contributed by atoms with E-state index in [1.54, 1.807) is 0 Å². The van der Waals surface area contributed by atoms with Crippen molar-refractivity contribution in [2.75, 3.05) is 0 Å². The van der Waals surface area contributed by atoms with Crippen LogP contribution >= 0.6 is 11.6 Å². The monoisotopic (exact) mass is 374 g/mol. The van der Waals surface area contributed by atoms with E-state index in [1.165, 1.54) is 0 Å². The molecular weight excluding hydrogens is 356 g/mol. The van der Waals surface area contributed by atoms with E-state index in [0.29, 0.717) is 6.61 Å². The molecule has 0 amide bonds. The lowest BCUT2D eigenvalue weighted by Crippen LogP contribution is -2.05. The second-order valence-corrected chi connectivity index (χ2v) is 6.74. The molecule has 0 saturated heterocycles. The number of halogens is 1. The molecule has 4 aromatic rings. The highest BCUT2D eigenvalue weighted by Crippen LogP contribution is 2.25. The molecular formula is C23H19ClN2O. The molecule has 4 heteroatoms. The van der Waals surface area contributed by atoms with Gasteiger partial charge in [-0.15, -0.1) is 0 Å². The van der Waals surface area contributed by atoms with E-state index in [2.05, 4.69) is 18.2 Å². The van der Waals surface area contributed by atoms with Gasteiger partial charge in [-0.1, -0.05) is 60.1 Å². The number of ether oxygens (including phenoxy) is 1. The maximum atomic E-state index is 6.10. The highest BCUT2D eigenvalue weighted by Gasteiger charge is 2.12. The Balaban J connectivity index is 1.67. The average molecular weight is 375 g/mol. The second-order valence-electron chi connectivity index (χ2n) is 6.33. The summed E-state index contributed by atoms with van der Waals surface area (Å²) in [6.45, 7) is 2.38. The molecule has 0 aliphatic heterocycles. The van der Waals surface area contributed by atoms with E-state index in [4.69, 9.17) is 21.4 Å². The molecule has 0 atom stereocenters. The van der Waals surface area contributed by atoms with Crippen LogP contribution in [0, 0.1) is 6.92 Å². The minimum absolute atomic E-state index is 0.413. The van der Waals surface area contributed by atoms with Crippen LogP contribution in [0.2, 0.25) is 5.02 Å². The topological polar surface area (TPSA) is 27.1 Å². The van der Waals surface area contributed by atoms with Gasteiger partial charge in [-0.05, 0) is 48.9 Å². The van der Waals surface area contributed by atoms with Crippen LogP contribution in [-0.2, 0) is 6.61 Å². The lowest BCUT2D eigenvalue weighted by Gasteiger charge is -2.10. The number of hydrogen-bond acceptors (Lipinski definition) is 2. The molecule has 1 aromatic heterocycles. The molecule has 134 valence electrons. The van der Waals surface area contributed by atoms with Gasteiger partial charge in [-0.25, -0.2) is 4.68 Å². The summed E-state index contributed by atoms with van der Waals surface area (Å²) in [4.78, 5) is 0. The van der Waals surface area contributed by atoms with Gasteiger partial charge in [0.2, 0.25) is 0 Å². The molecule has 0 radical (unpaired) electrons. The summed E-state index contributed by atoms with van der Waals surface area (Å²) in [5.41, 5.74) is 4.98. The summed E-state index contributed by atoms with van der Waals surface area (Å²) >= 11 is 6.10. The van der Waals surface area contributed by atoms with Gasteiger partial charge in [0, 0.05) is 10.6 Å². The van der Waals surface area contributed by atoms with Crippen LogP contribution in [0.4, 0.5) is 0 Å². The highest BCUT2D eigenvalue weighted by molar-refractivity contribution is 6.31. The Kier molecular flexibility index (Phi) is 4.95. The molecule has 3 aromatic carbocycles. The zero-order valence-corrected chi connectivity index (χ0v) is 15.7. The summed E-state index contributed by atoms with van der Waals surface area (Å²) in [5.74, 6) is 0.791. The van der Waals surface area contributed by atoms with Gasteiger partial charge >= 0.3 is 0 Å². The van der Waals surface area contributed by atoms with E-state index in [-0.39, 0.29) is 0 Å². The van der Waals surface area contributed by atoms with Crippen LogP contribution in [0.1, 0.15) is 11.3 Å². The van der Waals surface area contributed by atoms with Crippen molar-refractivity contribution in [1.29, 1.82) is 0 Å². The fraction of sp³-hybridized carbons (Fsp3) is 0.0870. The molecule has 3 nitrogen and oxygen atoms in total. The fourth-order valence-corrected chi connectivity index (χ4v) is 3.05. The van der Waals surface area contributed by atoms with Crippen LogP contribution in [0.3, 0.4) is 0 Å². The number of nitrogens with zero attached hydrogens (tertiary/aromatic N) is 2. The smallest absolute Gasteiger partial charge is 0.130 e. The van der Waals surface area contributed by atoms with Crippen LogP contribution in [-0.4, -0.2) is 9.78 Å². The molecule has 4 rings (SSSR count). The summed E-state index contributed by atoms with van der Waals surface area (Å²) in [5, 5.41) is 5.55. The van der Waals surface area contributed by atoms with Gasteiger partial charge in [-0.2, -0.15) is 5.10 Å². The van der Waals surface area contributed by atoms with Crippen LogP contribution in [0.5, 0.6) is 5.75 Å². The molecule has 0 N–H and O–H groups in total. The zero-order valence-electron chi connectivity index (χ0n) is 15.0. The maximum Gasteiger partial charge on any atom is 0.130 e. The standard InChI is InChI=1S/C23H19ClN2O/c1-17-14-21(12-13-22(17)24)27-16-20-15-23(18-8-4-2-5-9-18)25-26(20)19-10-6-3-7-11-19/h2-15H,16H2,1H3. The largest absolute Gasteiger partial charge is 0.487 e. The number of benzene rings is 3. The van der Waals surface area contributed by atoms with Crippen molar-refractivity contribution in [3.63, 3.8) is 0 Å². The molecule has 0 aliphatic carbocycles. The SMILES string of the molecule is Cc1cc(OCc2cc(-c3ccccc3)nn2-c2ccccc2)ccc1Cl. The first kappa shape index (κ1) is 17.4. The molecule has 27 heavy (non-hydrogen) atoms. The molecule has 0 unspecified atom stereocenters. The Morgan fingerprint density at radius 2 is 1.59 bits per heavy atom. The van der Waals surface area contributed by atoms with Crippen molar-refractivity contribution >= 4 is 11.6 Å². The van der Waals surface area contributed by atoms with Crippen molar-refractivity contribution in [3.8, 4) is 22.7 Å². The van der Waals surface area contributed by atoms with Crippen molar-refractivity contribution < 1.29 is 4.74 Å². The highest BCUT2D eigenvalue weighted by atomic mass is 35.5. The minimum atomic E-state index is 0.413. The number of rotatable bonds is 5. The fourth-order valence-electron chi connectivity index (χ4n) is 2.93. The first-order valence-electron chi connectivity index (χ1n) is 8.79. The van der Waals surface area contributed by atoms with E-state index in [0.717, 1.165) is 39.0 Å². The van der Waals surface area contributed by atoms with Gasteiger partial charge in [0.25, 0.3) is 0 Å². The van der Waals surface area contributed by atoms with Gasteiger partial charge < -0.3 is 4.74 Å². The molecule has 0 bridgehead atoms. The number of aromatic nitrogens is 2. The summed E-state index contributed by atoms with van der Waals surface area (Å²) < 4.78 is 7.96. The lowest BCUT2D eigenvalue weighted by molar-refractivity contribution is 0.297. The zero-order chi connectivity index (χ0) is 18.6. The second kappa shape index (κ2) is 7.68. The predicted octanol–water partition coefficient (Wildman–Crippen LogP) is 6.08. The molecule has 0 spiro atoms. The molecule has 0 aliphatic rings. The van der Waals surface area contributed by atoms with E-state index < -0.39 is 0 Å². The predicted molar refractivity (Wildman–Crippen MR) is 110 cm³/mol. The first-order valence-corrected chi connectivity index (χ1v) is 9.17. The van der Waals surface area contributed by atoms with Crippen LogP contribution < -0.4 is 4.74 Å². The quantitative estimate of drug-likeness (QED) is 0.423. The maximum absolute atomic E-state index is 6.10. The van der Waals surface area contributed by atoms with Crippen molar-refractivity contribution in [2.45, 2.75) is 13.5 Å². The van der Waals surface area contributed by atoms with Gasteiger partial charge in [-0.3, -0.25) is 0 Å². The third kappa shape index (κ3) is 3.88. The minimum Gasteiger partial charge on any atom is -0.487 e. The van der Waals surface area contributed by atoms with E-state index >= 15 is 0 Å². The first-order chi connectivity index (χ1) is 13.2. The van der Waals surface area contributed by atoms with Crippen molar-refractivity contribution in [3.05, 3.63) is 101 Å². The van der Waals surface area contributed by atoms with Crippen molar-refractivity contribution in [1.82, 2.24) is 9.78 Å². The normalized spacial score (nSPS) is 10.7. The summed E-state index contributed by atoms with van der Waals surface area (Å²) in [7, 11) is 0. The number of aryl methyl sites for hydroxylation is 1. The Labute approximate surface area is 163 Å². The molecule has 0 saturated carbocycles. The Morgan fingerprint density at radius 3 is 2.30 bits per heavy atom. The van der Waals surface area contributed by atoms with Gasteiger partial charge in [0.15, 0.2) is 0 Å². The van der Waals surface area contributed by atoms with Crippen molar-refractivity contribution in [2.24, 2.45) is 0 Å². The molecule has 0 fully saturated rings. The van der Waals surface area contributed by atoms with E-state index in [9.17, 15) is 0 Å². The van der Waals surface area contributed by atoms with E-state index in [1.807, 2.05) is 78.3 Å². The average Bonchev–Trinajstić information content (AvgIpc) is 3.14. The third-order valence-corrected chi connectivity index (χ3v) is 4.79. The Morgan fingerprint density at radius 1 is 0.889 bits per heavy atom. The van der Waals surface area contributed by atoms with Gasteiger partial charge in [0.1, 0.15) is 12.4 Å². The number of para-hydroxylation sites is 1. The lowest BCUT2D eigenvalue weighted by atomic mass is 10.1.